The number of halogens is 1. The SMILES string of the molecule is CCN1CCN(c2ccc(C(N)=S)c(F)c2)CC1C. The predicted octanol–water partition coefficient (Wildman–Crippen LogP) is 1.99. The van der Waals surface area contributed by atoms with Crippen LogP contribution < -0.4 is 10.6 Å². The first-order valence-corrected chi connectivity index (χ1v) is 7.02. The van der Waals surface area contributed by atoms with E-state index in [2.05, 4.69) is 23.6 Å². The molecule has 1 heterocycles. The summed E-state index contributed by atoms with van der Waals surface area (Å²) in [4.78, 5) is 4.74. The Labute approximate surface area is 119 Å². The molecule has 1 aliphatic rings. The molecule has 1 aliphatic heterocycles. The van der Waals surface area contributed by atoms with Crippen molar-refractivity contribution in [2.24, 2.45) is 5.73 Å². The minimum absolute atomic E-state index is 0.105. The zero-order chi connectivity index (χ0) is 14.0. The maximum absolute atomic E-state index is 13.9. The van der Waals surface area contributed by atoms with Gasteiger partial charge in [0.25, 0.3) is 0 Å². The fraction of sp³-hybridized carbons (Fsp3) is 0.500. The van der Waals surface area contributed by atoms with Gasteiger partial charge in [0, 0.05) is 36.9 Å². The first-order chi connectivity index (χ1) is 9.02. The number of likely N-dealkylation sites (N-methyl/N-ethyl adjacent to an activating group) is 1. The molecular weight excluding hydrogens is 261 g/mol. The molecule has 19 heavy (non-hydrogen) atoms. The van der Waals surface area contributed by atoms with E-state index in [1.807, 2.05) is 6.07 Å². The highest BCUT2D eigenvalue weighted by atomic mass is 32.1. The monoisotopic (exact) mass is 281 g/mol. The van der Waals surface area contributed by atoms with Crippen molar-refractivity contribution in [2.45, 2.75) is 19.9 Å². The van der Waals surface area contributed by atoms with E-state index in [1.54, 1.807) is 6.07 Å². The summed E-state index contributed by atoms with van der Waals surface area (Å²) in [6, 6.07) is 5.58. The van der Waals surface area contributed by atoms with Crippen LogP contribution in [0.15, 0.2) is 18.2 Å². The standard InChI is InChI=1S/C14H20FN3S/c1-3-17-6-7-18(9-10(17)2)11-4-5-12(14(16)19)13(15)8-11/h4-5,8,10H,3,6-7,9H2,1-2H3,(H2,16,19). The van der Waals surface area contributed by atoms with E-state index in [0.29, 0.717) is 11.6 Å². The molecule has 0 aromatic heterocycles. The lowest BCUT2D eigenvalue weighted by Crippen LogP contribution is -2.51. The average molecular weight is 281 g/mol. The molecule has 3 nitrogen and oxygen atoms in total. The van der Waals surface area contributed by atoms with Crippen molar-refractivity contribution in [3.05, 3.63) is 29.6 Å². The van der Waals surface area contributed by atoms with Crippen molar-refractivity contribution < 1.29 is 4.39 Å². The van der Waals surface area contributed by atoms with Crippen LogP contribution in [-0.4, -0.2) is 42.1 Å². The van der Waals surface area contributed by atoms with Gasteiger partial charge in [0.1, 0.15) is 10.8 Å². The van der Waals surface area contributed by atoms with Gasteiger partial charge in [-0.1, -0.05) is 19.1 Å². The van der Waals surface area contributed by atoms with E-state index in [4.69, 9.17) is 18.0 Å². The highest BCUT2D eigenvalue weighted by Crippen LogP contribution is 2.22. The zero-order valence-electron chi connectivity index (χ0n) is 11.4. The number of rotatable bonds is 3. The minimum atomic E-state index is -0.337. The molecule has 1 aromatic rings. The summed E-state index contributed by atoms with van der Waals surface area (Å²) in [7, 11) is 0. The van der Waals surface area contributed by atoms with E-state index < -0.39 is 0 Å². The van der Waals surface area contributed by atoms with Crippen LogP contribution in [0, 0.1) is 5.82 Å². The molecule has 5 heteroatoms. The highest BCUT2D eigenvalue weighted by Gasteiger charge is 2.23. The van der Waals surface area contributed by atoms with Crippen LogP contribution in [0.1, 0.15) is 19.4 Å². The predicted molar refractivity (Wildman–Crippen MR) is 81.2 cm³/mol. The smallest absolute Gasteiger partial charge is 0.135 e. The average Bonchev–Trinajstić information content (AvgIpc) is 2.38. The number of benzene rings is 1. The largest absolute Gasteiger partial charge is 0.389 e. The van der Waals surface area contributed by atoms with Gasteiger partial charge in [-0.05, 0) is 31.7 Å². The summed E-state index contributed by atoms with van der Waals surface area (Å²) in [5.41, 5.74) is 6.69. The Morgan fingerprint density at radius 3 is 2.74 bits per heavy atom. The first kappa shape index (κ1) is 14.2. The van der Waals surface area contributed by atoms with E-state index in [-0.39, 0.29) is 10.8 Å². The Bertz CT molecular complexity index is 478. The van der Waals surface area contributed by atoms with E-state index >= 15 is 0 Å². The van der Waals surface area contributed by atoms with Gasteiger partial charge in [-0.25, -0.2) is 4.39 Å². The highest BCUT2D eigenvalue weighted by molar-refractivity contribution is 7.80. The van der Waals surface area contributed by atoms with Gasteiger partial charge in [-0.3, -0.25) is 4.90 Å². The first-order valence-electron chi connectivity index (χ1n) is 6.61. The van der Waals surface area contributed by atoms with Crippen molar-refractivity contribution in [2.75, 3.05) is 31.1 Å². The second kappa shape index (κ2) is 5.84. The zero-order valence-corrected chi connectivity index (χ0v) is 12.2. The third-order valence-corrected chi connectivity index (χ3v) is 3.97. The summed E-state index contributed by atoms with van der Waals surface area (Å²) < 4.78 is 13.9. The molecule has 1 atom stereocenters. The summed E-state index contributed by atoms with van der Waals surface area (Å²) >= 11 is 4.82. The summed E-state index contributed by atoms with van der Waals surface area (Å²) in [5.74, 6) is -0.337. The molecule has 2 rings (SSSR count). The van der Waals surface area contributed by atoms with Gasteiger partial charge < -0.3 is 10.6 Å². The Balaban J connectivity index is 2.15. The van der Waals surface area contributed by atoms with Crippen LogP contribution in [-0.2, 0) is 0 Å². The Morgan fingerprint density at radius 1 is 1.47 bits per heavy atom. The van der Waals surface area contributed by atoms with E-state index in [9.17, 15) is 4.39 Å². The van der Waals surface area contributed by atoms with Crippen LogP contribution in [0.5, 0.6) is 0 Å². The molecule has 2 N–H and O–H groups in total. The number of hydrogen-bond donors (Lipinski definition) is 1. The molecule has 0 saturated carbocycles. The lowest BCUT2D eigenvalue weighted by Gasteiger charge is -2.40. The lowest BCUT2D eigenvalue weighted by atomic mass is 10.1. The van der Waals surface area contributed by atoms with Crippen molar-refractivity contribution in [3.8, 4) is 0 Å². The molecule has 104 valence electrons. The maximum Gasteiger partial charge on any atom is 0.135 e. The number of nitrogens with two attached hydrogens (primary N) is 1. The third kappa shape index (κ3) is 3.04. The fourth-order valence-electron chi connectivity index (χ4n) is 2.60. The van der Waals surface area contributed by atoms with Gasteiger partial charge in [0.15, 0.2) is 0 Å². The molecule has 0 bridgehead atoms. The van der Waals surface area contributed by atoms with Crippen LogP contribution in [0.25, 0.3) is 0 Å². The molecule has 1 saturated heterocycles. The number of anilines is 1. The van der Waals surface area contributed by atoms with Gasteiger partial charge in [-0.2, -0.15) is 0 Å². The number of thiocarbonyl (C=S) groups is 1. The quantitative estimate of drug-likeness (QED) is 0.859. The van der Waals surface area contributed by atoms with Crippen LogP contribution >= 0.6 is 12.2 Å². The van der Waals surface area contributed by atoms with Crippen molar-refractivity contribution in [1.29, 1.82) is 0 Å². The van der Waals surface area contributed by atoms with Gasteiger partial charge in [0.2, 0.25) is 0 Å². The van der Waals surface area contributed by atoms with Crippen LogP contribution in [0.4, 0.5) is 10.1 Å². The summed E-state index contributed by atoms with van der Waals surface area (Å²) in [6.07, 6.45) is 0. The molecule has 1 fully saturated rings. The van der Waals surface area contributed by atoms with Crippen molar-refractivity contribution in [1.82, 2.24) is 4.90 Å². The Morgan fingerprint density at radius 2 is 2.21 bits per heavy atom. The molecule has 0 aliphatic carbocycles. The van der Waals surface area contributed by atoms with Crippen molar-refractivity contribution >= 4 is 22.9 Å². The number of nitrogens with zero attached hydrogens (tertiary/aromatic N) is 2. The fourth-order valence-corrected chi connectivity index (χ4v) is 2.77. The van der Waals surface area contributed by atoms with Crippen LogP contribution in [0.3, 0.4) is 0 Å². The van der Waals surface area contributed by atoms with Gasteiger partial charge in [0.05, 0.1) is 0 Å². The Hall–Kier alpha value is -1.20. The number of hydrogen-bond acceptors (Lipinski definition) is 3. The summed E-state index contributed by atoms with van der Waals surface area (Å²) in [6.45, 7) is 8.28. The third-order valence-electron chi connectivity index (χ3n) is 3.75. The van der Waals surface area contributed by atoms with Gasteiger partial charge in [-0.15, -0.1) is 0 Å². The second-order valence-corrected chi connectivity index (χ2v) is 5.39. The van der Waals surface area contributed by atoms with Crippen molar-refractivity contribution in [3.63, 3.8) is 0 Å². The molecule has 0 radical (unpaired) electrons. The lowest BCUT2D eigenvalue weighted by molar-refractivity contribution is 0.199. The van der Waals surface area contributed by atoms with Crippen LogP contribution in [0.2, 0.25) is 0 Å². The molecule has 0 amide bonds. The van der Waals surface area contributed by atoms with E-state index in [0.717, 1.165) is 31.9 Å². The molecular formula is C14H20FN3S. The van der Waals surface area contributed by atoms with Gasteiger partial charge >= 0.3 is 0 Å². The molecule has 1 unspecified atom stereocenters. The maximum atomic E-state index is 13.9. The minimum Gasteiger partial charge on any atom is -0.389 e. The normalized spacial score (nSPS) is 20.6. The van der Waals surface area contributed by atoms with E-state index in [1.165, 1.54) is 6.07 Å². The Kier molecular flexibility index (Phi) is 4.37. The number of piperazine rings is 1. The topological polar surface area (TPSA) is 32.5 Å². The molecule has 1 aromatic carbocycles. The summed E-state index contributed by atoms with van der Waals surface area (Å²) in [5, 5.41) is 0. The molecule has 0 spiro atoms. The second-order valence-electron chi connectivity index (χ2n) is 4.95.